The van der Waals surface area contributed by atoms with Crippen molar-refractivity contribution in [2.75, 3.05) is 7.05 Å². The number of carbonyl (C=O) groups excluding carboxylic acids is 1. The average molecular weight is 415 g/mol. The summed E-state index contributed by atoms with van der Waals surface area (Å²) in [4.78, 5) is 26.4. The van der Waals surface area contributed by atoms with Crippen molar-refractivity contribution in [2.45, 2.75) is 80.5 Å². The van der Waals surface area contributed by atoms with Gasteiger partial charge in [0.05, 0.1) is 11.3 Å². The van der Waals surface area contributed by atoms with Crippen LogP contribution in [0, 0.1) is 11.3 Å². The SMILES string of the molecule is C[C@@H](Sc1ncnc2sc3c(c12)CCCC3)C(=O)N(C)C1(C#N)CCCCC1. The molecule has 2 heterocycles. The third-order valence-electron chi connectivity index (χ3n) is 6.21. The highest BCUT2D eigenvalue weighted by molar-refractivity contribution is 8.00. The van der Waals surface area contributed by atoms with Crippen molar-refractivity contribution in [1.82, 2.24) is 14.9 Å². The van der Waals surface area contributed by atoms with E-state index >= 15 is 0 Å². The van der Waals surface area contributed by atoms with E-state index in [0.29, 0.717) is 0 Å². The minimum atomic E-state index is -0.646. The molecular formula is C21H26N4OS2. The van der Waals surface area contributed by atoms with E-state index in [4.69, 9.17) is 0 Å². The number of aromatic nitrogens is 2. The monoisotopic (exact) mass is 414 g/mol. The van der Waals surface area contributed by atoms with E-state index in [9.17, 15) is 10.1 Å². The maximum absolute atomic E-state index is 13.2. The van der Waals surface area contributed by atoms with Gasteiger partial charge in [-0.25, -0.2) is 9.97 Å². The molecule has 0 aromatic carbocycles. The van der Waals surface area contributed by atoms with Gasteiger partial charge in [0, 0.05) is 17.3 Å². The summed E-state index contributed by atoms with van der Waals surface area (Å²) in [5.74, 6) is 0.0179. The Morgan fingerprint density at radius 1 is 1.25 bits per heavy atom. The number of fused-ring (bicyclic) bond motifs is 3. The van der Waals surface area contributed by atoms with E-state index in [1.54, 1.807) is 29.6 Å². The Labute approximate surface area is 174 Å². The summed E-state index contributed by atoms with van der Waals surface area (Å²) < 4.78 is 0. The number of thiophene rings is 1. The molecule has 0 saturated heterocycles. The Hall–Kier alpha value is -1.65. The molecule has 0 N–H and O–H groups in total. The van der Waals surface area contributed by atoms with Crippen LogP contribution < -0.4 is 0 Å². The normalized spacial score (nSPS) is 19.6. The van der Waals surface area contributed by atoms with Gasteiger partial charge in [-0.2, -0.15) is 5.26 Å². The highest BCUT2D eigenvalue weighted by atomic mass is 32.2. The van der Waals surface area contributed by atoms with Crippen LogP contribution in [0.2, 0.25) is 0 Å². The summed E-state index contributed by atoms with van der Waals surface area (Å²) in [5.41, 5.74) is 0.746. The molecule has 28 heavy (non-hydrogen) atoms. The van der Waals surface area contributed by atoms with Crippen molar-refractivity contribution in [3.05, 3.63) is 16.8 Å². The van der Waals surface area contributed by atoms with Crippen LogP contribution in [0.1, 0.15) is 62.3 Å². The van der Waals surface area contributed by atoms with Gasteiger partial charge in [-0.05, 0) is 51.0 Å². The number of rotatable bonds is 4. The van der Waals surface area contributed by atoms with Crippen molar-refractivity contribution in [3.63, 3.8) is 0 Å². The molecule has 0 unspecified atom stereocenters. The van der Waals surface area contributed by atoms with Crippen molar-refractivity contribution in [1.29, 1.82) is 5.26 Å². The fourth-order valence-electron chi connectivity index (χ4n) is 4.51. The van der Waals surface area contributed by atoms with Gasteiger partial charge >= 0.3 is 0 Å². The Balaban J connectivity index is 1.58. The first-order valence-corrected chi connectivity index (χ1v) is 11.9. The number of hydrogen-bond acceptors (Lipinski definition) is 6. The molecule has 2 aliphatic rings. The molecule has 0 radical (unpaired) electrons. The van der Waals surface area contributed by atoms with Gasteiger partial charge in [-0.1, -0.05) is 31.0 Å². The first-order valence-electron chi connectivity index (χ1n) is 10.2. The van der Waals surface area contributed by atoms with Crippen LogP contribution in [0.15, 0.2) is 11.4 Å². The zero-order valence-corrected chi connectivity index (χ0v) is 18.2. The van der Waals surface area contributed by atoms with Crippen molar-refractivity contribution < 1.29 is 4.79 Å². The van der Waals surface area contributed by atoms with Gasteiger partial charge in [-0.3, -0.25) is 4.79 Å². The van der Waals surface area contributed by atoms with E-state index < -0.39 is 5.54 Å². The number of nitriles is 1. The zero-order valence-electron chi connectivity index (χ0n) is 16.5. The highest BCUT2D eigenvalue weighted by Crippen LogP contribution is 2.41. The van der Waals surface area contributed by atoms with Crippen molar-refractivity contribution in [3.8, 4) is 6.07 Å². The van der Waals surface area contributed by atoms with Crippen LogP contribution in [0.3, 0.4) is 0 Å². The van der Waals surface area contributed by atoms with Gasteiger partial charge in [-0.15, -0.1) is 11.3 Å². The third-order valence-corrected chi connectivity index (χ3v) is 8.50. The molecule has 2 aromatic heterocycles. The first kappa shape index (κ1) is 19.7. The minimum absolute atomic E-state index is 0.0179. The zero-order chi connectivity index (χ0) is 19.7. The number of carbonyl (C=O) groups is 1. The van der Waals surface area contributed by atoms with Gasteiger partial charge in [0.25, 0.3) is 0 Å². The molecule has 0 bridgehead atoms. The summed E-state index contributed by atoms with van der Waals surface area (Å²) in [7, 11) is 1.80. The van der Waals surface area contributed by atoms with Gasteiger partial charge < -0.3 is 4.90 Å². The fraction of sp³-hybridized carbons (Fsp3) is 0.619. The van der Waals surface area contributed by atoms with E-state index in [2.05, 4.69) is 16.0 Å². The number of aryl methyl sites for hydroxylation is 2. The number of hydrogen-bond donors (Lipinski definition) is 0. The lowest BCUT2D eigenvalue weighted by molar-refractivity contribution is -0.133. The minimum Gasteiger partial charge on any atom is -0.326 e. The predicted molar refractivity (Wildman–Crippen MR) is 114 cm³/mol. The molecule has 7 heteroatoms. The molecule has 1 saturated carbocycles. The maximum Gasteiger partial charge on any atom is 0.236 e. The summed E-state index contributed by atoms with van der Waals surface area (Å²) >= 11 is 3.29. The van der Waals surface area contributed by atoms with Crippen LogP contribution in [0.5, 0.6) is 0 Å². The van der Waals surface area contributed by atoms with Crippen LogP contribution in [-0.4, -0.2) is 38.6 Å². The quantitative estimate of drug-likeness (QED) is 0.534. The number of amides is 1. The standard InChI is InChI=1S/C21H26N4OS2/c1-14(20(26)25(2)21(12-22)10-6-3-7-11-21)27-18-17-15-8-4-5-9-16(15)28-19(17)24-13-23-18/h13-14H,3-11H2,1-2H3/t14-/m1/s1. The predicted octanol–water partition coefficient (Wildman–Crippen LogP) is 4.74. The maximum atomic E-state index is 13.2. The lowest BCUT2D eigenvalue weighted by Crippen LogP contribution is -2.52. The highest BCUT2D eigenvalue weighted by Gasteiger charge is 2.40. The molecular weight excluding hydrogens is 388 g/mol. The molecule has 1 fully saturated rings. The fourth-order valence-corrected chi connectivity index (χ4v) is 6.84. The molecule has 2 aromatic rings. The van der Waals surface area contributed by atoms with Crippen molar-refractivity contribution >= 4 is 39.2 Å². The number of nitrogens with zero attached hydrogens (tertiary/aromatic N) is 4. The number of thioether (sulfide) groups is 1. The molecule has 1 amide bonds. The van der Waals surface area contributed by atoms with Gasteiger partial charge in [0.1, 0.15) is 21.7 Å². The molecule has 4 rings (SSSR count). The summed E-state index contributed by atoms with van der Waals surface area (Å²) in [6.07, 6.45) is 11.0. The lowest BCUT2D eigenvalue weighted by Gasteiger charge is -2.40. The lowest BCUT2D eigenvalue weighted by atomic mass is 9.81. The smallest absolute Gasteiger partial charge is 0.236 e. The van der Waals surface area contributed by atoms with E-state index in [1.807, 2.05) is 6.92 Å². The summed E-state index contributed by atoms with van der Waals surface area (Å²) in [6.45, 7) is 1.93. The second-order valence-electron chi connectivity index (χ2n) is 7.93. The summed E-state index contributed by atoms with van der Waals surface area (Å²) in [5, 5.41) is 11.6. The third kappa shape index (κ3) is 3.42. The van der Waals surface area contributed by atoms with Crippen LogP contribution in [0.4, 0.5) is 0 Å². The average Bonchev–Trinajstić information content (AvgIpc) is 3.12. The van der Waals surface area contributed by atoms with Crippen molar-refractivity contribution in [2.24, 2.45) is 0 Å². The molecule has 148 valence electrons. The second-order valence-corrected chi connectivity index (χ2v) is 10.3. The summed E-state index contributed by atoms with van der Waals surface area (Å²) in [6, 6.07) is 2.46. The van der Waals surface area contributed by atoms with E-state index in [-0.39, 0.29) is 11.2 Å². The topological polar surface area (TPSA) is 69.9 Å². The molecule has 5 nitrogen and oxygen atoms in total. The Bertz CT molecular complexity index is 926. The molecule has 2 aliphatic carbocycles. The Kier molecular flexibility index (Phi) is 5.62. The Morgan fingerprint density at radius 3 is 2.75 bits per heavy atom. The van der Waals surface area contributed by atoms with Gasteiger partial charge in [0.15, 0.2) is 0 Å². The molecule has 0 aliphatic heterocycles. The largest absolute Gasteiger partial charge is 0.326 e. The first-order chi connectivity index (χ1) is 13.6. The van der Waals surface area contributed by atoms with E-state index in [0.717, 1.165) is 60.2 Å². The van der Waals surface area contributed by atoms with Gasteiger partial charge in [0.2, 0.25) is 5.91 Å². The Morgan fingerprint density at radius 2 is 2.00 bits per heavy atom. The van der Waals surface area contributed by atoms with Crippen LogP contribution in [0.25, 0.3) is 10.2 Å². The molecule has 1 atom stereocenters. The van der Waals surface area contributed by atoms with E-state index in [1.165, 1.54) is 35.0 Å². The van der Waals surface area contributed by atoms with Crippen LogP contribution >= 0.6 is 23.1 Å². The second kappa shape index (κ2) is 8.00. The van der Waals surface area contributed by atoms with Crippen LogP contribution in [-0.2, 0) is 17.6 Å². The molecule has 0 spiro atoms.